The molecule has 0 aliphatic rings. The van der Waals surface area contributed by atoms with E-state index < -0.39 is 10.0 Å². The van der Waals surface area contributed by atoms with Gasteiger partial charge in [0.15, 0.2) is 0 Å². The Hall–Kier alpha value is -0.920. The first-order valence-corrected chi connectivity index (χ1v) is 8.19. The molecule has 2 N–H and O–H groups in total. The molecule has 6 nitrogen and oxygen atoms in total. The third-order valence-corrected chi connectivity index (χ3v) is 4.43. The van der Waals surface area contributed by atoms with Gasteiger partial charge in [-0.2, -0.15) is 5.10 Å². The van der Waals surface area contributed by atoms with Crippen LogP contribution in [0.2, 0.25) is 0 Å². The molecule has 1 heterocycles. The Kier molecular flexibility index (Phi) is 5.96. The highest BCUT2D eigenvalue weighted by atomic mass is 32.2. The second kappa shape index (κ2) is 7.02. The van der Waals surface area contributed by atoms with Crippen LogP contribution in [0, 0.1) is 13.8 Å². The maximum absolute atomic E-state index is 11.8. The largest absolute Gasteiger partial charge is 0.316 e. The predicted molar refractivity (Wildman–Crippen MR) is 76.5 cm³/mol. The highest BCUT2D eigenvalue weighted by Gasteiger charge is 2.14. The molecule has 110 valence electrons. The van der Waals surface area contributed by atoms with E-state index in [-0.39, 0.29) is 5.75 Å². The zero-order valence-corrected chi connectivity index (χ0v) is 13.0. The lowest BCUT2D eigenvalue weighted by molar-refractivity contribution is 0.575. The highest BCUT2D eigenvalue weighted by Crippen LogP contribution is 2.11. The highest BCUT2D eigenvalue weighted by molar-refractivity contribution is 7.89. The number of hydrogen-bond donors (Lipinski definition) is 2. The second-order valence-electron chi connectivity index (χ2n) is 4.66. The van der Waals surface area contributed by atoms with Crippen LogP contribution in [0.5, 0.6) is 0 Å². The Labute approximate surface area is 115 Å². The van der Waals surface area contributed by atoms with E-state index in [1.807, 2.05) is 27.8 Å². The van der Waals surface area contributed by atoms with Crippen LogP contribution >= 0.6 is 0 Å². The molecule has 0 amide bonds. The van der Waals surface area contributed by atoms with Crippen LogP contribution in [0.3, 0.4) is 0 Å². The molecule has 7 heteroatoms. The summed E-state index contributed by atoms with van der Waals surface area (Å²) in [5.74, 6) is 0.103. The minimum absolute atomic E-state index is 0.103. The molecule has 19 heavy (non-hydrogen) atoms. The van der Waals surface area contributed by atoms with E-state index in [9.17, 15) is 8.42 Å². The second-order valence-corrected chi connectivity index (χ2v) is 6.59. The summed E-state index contributed by atoms with van der Waals surface area (Å²) in [6.07, 6.45) is 1.00. The Bertz CT molecular complexity index is 508. The van der Waals surface area contributed by atoms with Crippen molar-refractivity contribution in [2.75, 3.05) is 18.8 Å². The van der Waals surface area contributed by atoms with E-state index in [2.05, 4.69) is 15.1 Å². The van der Waals surface area contributed by atoms with Crippen LogP contribution in [0.15, 0.2) is 0 Å². The molecule has 0 fully saturated rings. The zero-order valence-electron chi connectivity index (χ0n) is 12.2. The topological polar surface area (TPSA) is 76.0 Å². The zero-order chi connectivity index (χ0) is 14.5. The van der Waals surface area contributed by atoms with Gasteiger partial charge in [-0.15, -0.1) is 0 Å². The lowest BCUT2D eigenvalue weighted by Gasteiger charge is -2.08. The lowest BCUT2D eigenvalue weighted by atomic mass is 10.2. The monoisotopic (exact) mass is 288 g/mol. The number of nitrogens with zero attached hydrogens (tertiary/aromatic N) is 2. The summed E-state index contributed by atoms with van der Waals surface area (Å²) in [7, 11) is -1.38. The molecule has 0 bridgehead atoms. The average Bonchev–Trinajstić information content (AvgIpc) is 2.57. The van der Waals surface area contributed by atoms with E-state index in [4.69, 9.17) is 0 Å². The van der Waals surface area contributed by atoms with Crippen molar-refractivity contribution in [3.05, 3.63) is 17.0 Å². The number of hydrogen-bond acceptors (Lipinski definition) is 4. The minimum Gasteiger partial charge on any atom is -0.316 e. The fraction of sp³-hybridized carbons (Fsp3) is 0.750. The van der Waals surface area contributed by atoms with Gasteiger partial charge in [-0.25, -0.2) is 13.1 Å². The molecule has 1 aromatic rings. The summed E-state index contributed by atoms with van der Waals surface area (Å²) >= 11 is 0. The third-order valence-electron chi connectivity index (χ3n) is 3.10. The Morgan fingerprint density at radius 3 is 2.47 bits per heavy atom. The van der Waals surface area contributed by atoms with Crippen molar-refractivity contribution < 1.29 is 8.42 Å². The van der Waals surface area contributed by atoms with Gasteiger partial charge < -0.3 is 5.32 Å². The molecule has 0 aliphatic carbocycles. The molecule has 0 aliphatic heterocycles. The van der Waals surface area contributed by atoms with Crippen molar-refractivity contribution in [3.63, 3.8) is 0 Å². The molecule has 0 unspecified atom stereocenters. The summed E-state index contributed by atoms with van der Waals surface area (Å²) < 4.78 is 28.0. The van der Waals surface area contributed by atoms with Gasteiger partial charge in [0.25, 0.3) is 0 Å². The van der Waals surface area contributed by atoms with Crippen molar-refractivity contribution >= 4 is 10.0 Å². The van der Waals surface area contributed by atoms with Gasteiger partial charge in [-0.3, -0.25) is 4.68 Å². The van der Waals surface area contributed by atoms with Gasteiger partial charge in [0, 0.05) is 31.4 Å². The molecule has 0 radical (unpaired) electrons. The molecular formula is C12H24N4O2S. The standard InChI is InChI=1S/C12H24N4O2S/c1-5-6-13-7-8-19(17,18)14-9-12-10(2)15-16(4)11(12)3/h13-14H,5-9H2,1-4H3. The fourth-order valence-corrected chi connectivity index (χ4v) is 2.76. The summed E-state index contributed by atoms with van der Waals surface area (Å²) in [5, 5.41) is 7.35. The molecule has 0 atom stereocenters. The van der Waals surface area contributed by atoms with Crippen LogP contribution in [0.1, 0.15) is 30.3 Å². The first kappa shape index (κ1) is 16.1. The number of sulfonamides is 1. The number of nitrogens with one attached hydrogen (secondary N) is 2. The van der Waals surface area contributed by atoms with Gasteiger partial charge >= 0.3 is 0 Å². The van der Waals surface area contributed by atoms with Crippen LogP contribution in [-0.4, -0.2) is 37.0 Å². The summed E-state index contributed by atoms with van der Waals surface area (Å²) in [4.78, 5) is 0. The van der Waals surface area contributed by atoms with E-state index in [1.54, 1.807) is 4.68 Å². The Balaban J connectivity index is 2.51. The average molecular weight is 288 g/mol. The molecule has 0 saturated heterocycles. The smallest absolute Gasteiger partial charge is 0.213 e. The van der Waals surface area contributed by atoms with Crippen molar-refractivity contribution in [3.8, 4) is 0 Å². The van der Waals surface area contributed by atoms with Crippen LogP contribution < -0.4 is 10.0 Å². The SMILES string of the molecule is CCCNCCS(=O)(=O)NCc1c(C)nn(C)c1C. The first-order valence-electron chi connectivity index (χ1n) is 6.54. The number of aromatic nitrogens is 2. The number of rotatable bonds is 8. The maximum Gasteiger partial charge on any atom is 0.213 e. The minimum atomic E-state index is -3.23. The predicted octanol–water partition coefficient (Wildman–Crippen LogP) is 0.456. The Morgan fingerprint density at radius 1 is 1.26 bits per heavy atom. The van der Waals surface area contributed by atoms with Crippen LogP contribution in [0.25, 0.3) is 0 Å². The molecule has 0 saturated carbocycles. The van der Waals surface area contributed by atoms with E-state index in [0.717, 1.165) is 29.9 Å². The van der Waals surface area contributed by atoms with Gasteiger partial charge in [0.2, 0.25) is 10.0 Å². The van der Waals surface area contributed by atoms with Crippen molar-refractivity contribution in [1.82, 2.24) is 19.8 Å². The maximum atomic E-state index is 11.8. The molecule has 0 aromatic carbocycles. The number of aryl methyl sites for hydroxylation is 2. The molecular weight excluding hydrogens is 264 g/mol. The fourth-order valence-electron chi connectivity index (χ4n) is 1.84. The van der Waals surface area contributed by atoms with Crippen molar-refractivity contribution in [1.29, 1.82) is 0 Å². The third kappa shape index (κ3) is 4.93. The van der Waals surface area contributed by atoms with E-state index in [1.165, 1.54) is 0 Å². The lowest BCUT2D eigenvalue weighted by Crippen LogP contribution is -2.32. The summed E-state index contributed by atoms with van der Waals surface area (Å²) in [6.45, 7) is 7.51. The summed E-state index contributed by atoms with van der Waals surface area (Å²) in [5.41, 5.74) is 2.81. The molecule has 1 rings (SSSR count). The van der Waals surface area contributed by atoms with E-state index >= 15 is 0 Å². The van der Waals surface area contributed by atoms with Gasteiger partial charge in [-0.1, -0.05) is 6.92 Å². The quantitative estimate of drug-likeness (QED) is 0.681. The van der Waals surface area contributed by atoms with Crippen LogP contribution in [-0.2, 0) is 23.6 Å². The molecule has 1 aromatic heterocycles. The van der Waals surface area contributed by atoms with Crippen molar-refractivity contribution in [2.45, 2.75) is 33.7 Å². The van der Waals surface area contributed by atoms with Crippen molar-refractivity contribution in [2.24, 2.45) is 7.05 Å². The van der Waals surface area contributed by atoms with Gasteiger partial charge in [0.05, 0.1) is 11.4 Å². The molecule has 0 spiro atoms. The van der Waals surface area contributed by atoms with E-state index in [0.29, 0.717) is 13.1 Å². The summed E-state index contributed by atoms with van der Waals surface area (Å²) in [6, 6.07) is 0. The van der Waals surface area contributed by atoms with Gasteiger partial charge in [-0.05, 0) is 26.8 Å². The first-order chi connectivity index (χ1) is 8.87. The van der Waals surface area contributed by atoms with Crippen LogP contribution in [0.4, 0.5) is 0 Å². The Morgan fingerprint density at radius 2 is 1.95 bits per heavy atom. The van der Waals surface area contributed by atoms with Gasteiger partial charge in [0.1, 0.15) is 0 Å². The normalized spacial score (nSPS) is 12.0.